The summed E-state index contributed by atoms with van der Waals surface area (Å²) in [7, 11) is -1.80. The average molecular weight is 420 g/mol. The highest BCUT2D eigenvalue weighted by molar-refractivity contribution is 7.92. The first-order valence-electron chi connectivity index (χ1n) is 9.33. The van der Waals surface area contributed by atoms with Crippen LogP contribution in [0.4, 0.5) is 11.6 Å². The number of fused-ring (bicyclic) bond motifs is 1. The molecule has 1 aromatic heterocycles. The molecule has 4 aromatic rings. The number of hydrazone groups is 1. The first-order valence-corrected chi connectivity index (χ1v) is 10.8. The van der Waals surface area contributed by atoms with E-state index in [0.717, 1.165) is 16.6 Å². The Morgan fingerprint density at radius 3 is 2.43 bits per heavy atom. The molecule has 3 aromatic carbocycles. The van der Waals surface area contributed by atoms with Crippen molar-refractivity contribution in [3.8, 4) is 0 Å². The van der Waals surface area contributed by atoms with Crippen molar-refractivity contribution in [3.63, 3.8) is 0 Å². The van der Waals surface area contributed by atoms with Crippen molar-refractivity contribution in [2.75, 3.05) is 10.1 Å². The number of rotatable bonds is 6. The van der Waals surface area contributed by atoms with Gasteiger partial charge in [-0.3, -0.25) is 4.72 Å². The number of nitrogens with one attached hydrogen (secondary N) is 2. The van der Waals surface area contributed by atoms with Crippen molar-refractivity contribution in [2.45, 2.75) is 11.8 Å². The van der Waals surface area contributed by atoms with Gasteiger partial charge in [0, 0.05) is 12.6 Å². The highest BCUT2D eigenvalue weighted by Gasteiger charge is 2.15. The van der Waals surface area contributed by atoms with E-state index < -0.39 is 10.0 Å². The number of aryl methyl sites for hydroxylation is 2. The molecule has 0 aliphatic rings. The third kappa shape index (κ3) is 4.04. The normalized spacial score (nSPS) is 11.8. The number of aromatic nitrogens is 2. The van der Waals surface area contributed by atoms with Crippen molar-refractivity contribution < 1.29 is 8.42 Å². The van der Waals surface area contributed by atoms with E-state index in [1.165, 1.54) is 0 Å². The Bertz CT molecular complexity index is 1330. The fraction of sp³-hybridized carbons (Fsp3) is 0.0909. The number of imidazole rings is 1. The van der Waals surface area contributed by atoms with Crippen LogP contribution >= 0.6 is 0 Å². The fourth-order valence-corrected chi connectivity index (χ4v) is 4.12. The third-order valence-corrected chi connectivity index (χ3v) is 6.07. The molecular formula is C22H21N5O2S. The molecule has 0 saturated carbocycles. The second-order valence-corrected chi connectivity index (χ2v) is 8.54. The van der Waals surface area contributed by atoms with Crippen LogP contribution in [0.3, 0.4) is 0 Å². The summed E-state index contributed by atoms with van der Waals surface area (Å²) in [5.74, 6) is 0.588. The van der Waals surface area contributed by atoms with Crippen LogP contribution in [0.5, 0.6) is 0 Å². The summed E-state index contributed by atoms with van der Waals surface area (Å²) in [6.45, 7) is 1.91. The Morgan fingerprint density at radius 2 is 1.67 bits per heavy atom. The summed E-state index contributed by atoms with van der Waals surface area (Å²) < 4.78 is 30.0. The van der Waals surface area contributed by atoms with Gasteiger partial charge in [-0.1, -0.05) is 48.0 Å². The predicted molar refractivity (Wildman–Crippen MR) is 120 cm³/mol. The summed E-state index contributed by atoms with van der Waals surface area (Å²) in [5.41, 5.74) is 6.83. The van der Waals surface area contributed by atoms with Crippen molar-refractivity contribution in [3.05, 3.63) is 83.9 Å². The van der Waals surface area contributed by atoms with Crippen molar-refractivity contribution in [2.24, 2.45) is 12.1 Å². The number of sulfonamides is 1. The molecule has 7 nitrogen and oxygen atoms in total. The van der Waals surface area contributed by atoms with E-state index in [-0.39, 0.29) is 4.90 Å². The van der Waals surface area contributed by atoms with Gasteiger partial charge in [-0.2, -0.15) is 5.10 Å². The molecule has 0 radical (unpaired) electrons. The molecule has 0 atom stereocenters. The molecule has 30 heavy (non-hydrogen) atoms. The van der Waals surface area contributed by atoms with E-state index in [9.17, 15) is 8.42 Å². The lowest BCUT2D eigenvalue weighted by molar-refractivity contribution is 0.601. The standard InChI is InChI=1S/C22H21N5O2S/c1-16-11-13-18(14-12-16)30(28,29)26-19-8-4-3-7-17(19)15-23-25-22-24-20-9-5-6-10-21(20)27(22)2/h3-15,26H,1-2H3,(H,24,25)/b23-15+. The lowest BCUT2D eigenvalue weighted by Crippen LogP contribution is -2.14. The molecule has 8 heteroatoms. The zero-order valence-corrected chi connectivity index (χ0v) is 17.4. The second-order valence-electron chi connectivity index (χ2n) is 6.86. The van der Waals surface area contributed by atoms with Gasteiger partial charge in [0.05, 0.1) is 27.8 Å². The summed E-state index contributed by atoms with van der Waals surface area (Å²) in [6, 6.07) is 21.6. The Labute approximate surface area is 175 Å². The molecule has 0 spiro atoms. The maximum Gasteiger partial charge on any atom is 0.261 e. The third-order valence-electron chi connectivity index (χ3n) is 4.69. The van der Waals surface area contributed by atoms with Crippen LogP contribution in [0.2, 0.25) is 0 Å². The first-order chi connectivity index (χ1) is 14.4. The highest BCUT2D eigenvalue weighted by atomic mass is 32.2. The first kappa shape index (κ1) is 19.7. The van der Waals surface area contributed by atoms with Crippen molar-refractivity contribution in [1.82, 2.24) is 9.55 Å². The number of hydrogen-bond donors (Lipinski definition) is 2. The number of anilines is 2. The zero-order valence-electron chi connectivity index (χ0n) is 16.6. The lowest BCUT2D eigenvalue weighted by Gasteiger charge is -2.10. The van der Waals surface area contributed by atoms with Gasteiger partial charge >= 0.3 is 0 Å². The smallest absolute Gasteiger partial charge is 0.261 e. The minimum Gasteiger partial charge on any atom is -0.312 e. The van der Waals surface area contributed by atoms with Crippen molar-refractivity contribution in [1.29, 1.82) is 0 Å². The largest absolute Gasteiger partial charge is 0.312 e. The molecule has 0 aliphatic carbocycles. The van der Waals surface area contributed by atoms with Crippen LogP contribution < -0.4 is 10.1 Å². The molecular weight excluding hydrogens is 398 g/mol. The molecule has 152 valence electrons. The van der Waals surface area contributed by atoms with Gasteiger partial charge < -0.3 is 4.57 Å². The molecule has 0 saturated heterocycles. The molecule has 0 fully saturated rings. The second kappa shape index (κ2) is 8.00. The van der Waals surface area contributed by atoms with Crippen LogP contribution in [-0.4, -0.2) is 24.2 Å². The topological polar surface area (TPSA) is 88.4 Å². The van der Waals surface area contributed by atoms with E-state index in [1.54, 1.807) is 48.7 Å². The van der Waals surface area contributed by atoms with E-state index >= 15 is 0 Å². The fourth-order valence-electron chi connectivity index (χ4n) is 3.03. The number of para-hydroxylation sites is 3. The molecule has 4 rings (SSSR count). The maximum absolute atomic E-state index is 12.7. The van der Waals surface area contributed by atoms with Gasteiger partial charge in [-0.05, 0) is 37.3 Å². The molecule has 2 N–H and O–H groups in total. The number of hydrogen-bond acceptors (Lipinski definition) is 5. The van der Waals surface area contributed by atoms with Crippen LogP contribution in [0, 0.1) is 6.92 Å². The minimum atomic E-state index is -3.70. The number of benzene rings is 3. The monoisotopic (exact) mass is 419 g/mol. The maximum atomic E-state index is 12.7. The molecule has 0 amide bonds. The van der Waals surface area contributed by atoms with Crippen LogP contribution in [0.15, 0.2) is 82.8 Å². The molecule has 0 bridgehead atoms. The highest BCUT2D eigenvalue weighted by Crippen LogP contribution is 2.20. The van der Waals surface area contributed by atoms with Gasteiger partial charge in [0.15, 0.2) is 0 Å². The molecule has 0 aliphatic heterocycles. The molecule has 0 unspecified atom stereocenters. The summed E-state index contributed by atoms with van der Waals surface area (Å²) in [4.78, 5) is 4.70. The quantitative estimate of drug-likeness (QED) is 0.363. The summed E-state index contributed by atoms with van der Waals surface area (Å²) in [5, 5.41) is 4.25. The van der Waals surface area contributed by atoms with Crippen LogP contribution in [0.1, 0.15) is 11.1 Å². The van der Waals surface area contributed by atoms with Gasteiger partial charge in [-0.15, -0.1) is 0 Å². The summed E-state index contributed by atoms with van der Waals surface area (Å²) in [6.07, 6.45) is 1.56. The SMILES string of the molecule is Cc1ccc(S(=O)(=O)Nc2ccccc2/C=N/Nc2nc3ccccc3n2C)cc1. The average Bonchev–Trinajstić information content (AvgIpc) is 3.05. The van der Waals surface area contributed by atoms with Gasteiger partial charge in [0.25, 0.3) is 10.0 Å². The summed E-state index contributed by atoms with van der Waals surface area (Å²) >= 11 is 0. The Kier molecular flexibility index (Phi) is 5.24. The van der Waals surface area contributed by atoms with Crippen molar-refractivity contribution >= 4 is 38.9 Å². The van der Waals surface area contributed by atoms with E-state index in [1.807, 2.05) is 48.9 Å². The van der Waals surface area contributed by atoms with Gasteiger partial charge in [-0.25, -0.2) is 18.8 Å². The molecule has 1 heterocycles. The van der Waals surface area contributed by atoms with E-state index in [4.69, 9.17) is 0 Å². The Hall–Kier alpha value is -3.65. The lowest BCUT2D eigenvalue weighted by atomic mass is 10.2. The van der Waals surface area contributed by atoms with Crippen LogP contribution in [0.25, 0.3) is 11.0 Å². The van der Waals surface area contributed by atoms with Gasteiger partial charge in [0.1, 0.15) is 0 Å². The van der Waals surface area contributed by atoms with E-state index in [2.05, 4.69) is 20.2 Å². The number of nitrogens with zero attached hydrogens (tertiary/aromatic N) is 3. The Balaban J connectivity index is 1.55. The Morgan fingerprint density at radius 1 is 0.967 bits per heavy atom. The van der Waals surface area contributed by atoms with Crippen LogP contribution in [-0.2, 0) is 17.1 Å². The predicted octanol–water partition coefficient (Wildman–Crippen LogP) is 4.13. The van der Waals surface area contributed by atoms with Gasteiger partial charge in [0.2, 0.25) is 5.95 Å². The van der Waals surface area contributed by atoms with E-state index in [0.29, 0.717) is 17.2 Å². The minimum absolute atomic E-state index is 0.206. The zero-order chi connectivity index (χ0) is 21.1.